The fraction of sp³-hybridized carbons (Fsp3) is 0.679. The molecule has 0 aliphatic heterocycles. The van der Waals surface area contributed by atoms with Gasteiger partial charge in [0.2, 0.25) is 11.8 Å². The van der Waals surface area contributed by atoms with Gasteiger partial charge in [0.25, 0.3) is 0 Å². The zero-order valence-electron chi connectivity index (χ0n) is 23.0. The lowest BCUT2D eigenvalue weighted by molar-refractivity contribution is -0.143. The monoisotopic (exact) mass is 503 g/mol. The number of hydrogen-bond acceptors (Lipinski definition) is 5. The third-order valence-corrected chi connectivity index (χ3v) is 6.82. The molecule has 0 bridgehead atoms. The first-order valence-corrected chi connectivity index (χ1v) is 13.3. The van der Waals surface area contributed by atoms with Crippen LogP contribution in [-0.4, -0.2) is 52.1 Å². The van der Waals surface area contributed by atoms with Crippen LogP contribution in [0.1, 0.15) is 97.2 Å². The number of amides is 3. The predicted octanol–water partition coefficient (Wildman–Crippen LogP) is 4.98. The van der Waals surface area contributed by atoms with Gasteiger partial charge in [-0.05, 0) is 76.6 Å². The van der Waals surface area contributed by atoms with Crippen LogP contribution in [0.2, 0.25) is 0 Å². The number of phenols is 1. The summed E-state index contributed by atoms with van der Waals surface area (Å²) in [5.41, 5.74) is 0.537. The normalized spacial score (nSPS) is 17.0. The summed E-state index contributed by atoms with van der Waals surface area (Å²) in [6.45, 7) is 13.0. The van der Waals surface area contributed by atoms with Gasteiger partial charge >= 0.3 is 6.09 Å². The Bertz CT molecular complexity index is 905. The maximum atomic E-state index is 14.0. The number of carbonyl (C=O) groups is 3. The van der Waals surface area contributed by atoms with Crippen LogP contribution in [0, 0.1) is 12.8 Å². The van der Waals surface area contributed by atoms with Crippen molar-refractivity contribution in [2.24, 2.45) is 5.92 Å². The third-order valence-electron chi connectivity index (χ3n) is 6.82. The van der Waals surface area contributed by atoms with E-state index in [1.54, 1.807) is 45.9 Å². The number of likely N-dealkylation sites (N-methyl/N-ethyl adjacent to an activating group) is 1. The highest BCUT2D eigenvalue weighted by Crippen LogP contribution is 2.29. The highest BCUT2D eigenvalue weighted by Gasteiger charge is 2.38. The van der Waals surface area contributed by atoms with Crippen LogP contribution in [0.25, 0.3) is 0 Å². The van der Waals surface area contributed by atoms with Gasteiger partial charge in [-0.1, -0.05) is 45.6 Å². The molecule has 1 aliphatic carbocycles. The third kappa shape index (κ3) is 8.14. The first kappa shape index (κ1) is 29.5. The molecule has 3 unspecified atom stereocenters. The molecule has 0 radical (unpaired) electrons. The van der Waals surface area contributed by atoms with Gasteiger partial charge < -0.3 is 25.4 Å². The molecule has 1 fully saturated rings. The molecule has 36 heavy (non-hydrogen) atoms. The molecule has 1 saturated carbocycles. The minimum atomic E-state index is -0.893. The quantitative estimate of drug-likeness (QED) is 0.441. The van der Waals surface area contributed by atoms with Crippen LogP contribution in [0.3, 0.4) is 0 Å². The van der Waals surface area contributed by atoms with Gasteiger partial charge in [0.15, 0.2) is 0 Å². The summed E-state index contributed by atoms with van der Waals surface area (Å²) < 4.78 is 5.42. The average molecular weight is 504 g/mol. The number of benzene rings is 1. The summed E-state index contributed by atoms with van der Waals surface area (Å²) in [5, 5.41) is 16.0. The predicted molar refractivity (Wildman–Crippen MR) is 141 cm³/mol. The van der Waals surface area contributed by atoms with E-state index in [-0.39, 0.29) is 36.1 Å². The molecule has 1 aliphatic rings. The van der Waals surface area contributed by atoms with Crippen molar-refractivity contribution in [1.29, 1.82) is 0 Å². The molecular formula is C28H45N3O5. The van der Waals surface area contributed by atoms with Crippen molar-refractivity contribution in [1.82, 2.24) is 15.5 Å². The standard InChI is InChI=1S/C28H45N3O5/c1-8-18(3)23(30-27(35)36-28(5,6)7)26(34)31(9-2)24(20-15-16-22(32)19(4)17-20)25(33)29-21-13-11-10-12-14-21/h15-18,21,23-24,32H,8-14H2,1-7H3,(H,29,33)(H,30,35). The van der Waals surface area contributed by atoms with Crippen LogP contribution in [0.15, 0.2) is 18.2 Å². The van der Waals surface area contributed by atoms with Gasteiger partial charge in [-0.3, -0.25) is 9.59 Å². The molecule has 8 heteroatoms. The van der Waals surface area contributed by atoms with Crippen molar-refractivity contribution >= 4 is 17.9 Å². The zero-order valence-corrected chi connectivity index (χ0v) is 23.0. The van der Waals surface area contributed by atoms with E-state index in [9.17, 15) is 19.5 Å². The average Bonchev–Trinajstić information content (AvgIpc) is 2.81. The summed E-state index contributed by atoms with van der Waals surface area (Å²) in [4.78, 5) is 41.8. The minimum Gasteiger partial charge on any atom is -0.508 e. The van der Waals surface area contributed by atoms with E-state index < -0.39 is 23.8 Å². The maximum absolute atomic E-state index is 14.0. The number of nitrogens with one attached hydrogen (secondary N) is 2. The number of aryl methyl sites for hydroxylation is 1. The summed E-state index contributed by atoms with van der Waals surface area (Å²) in [6.07, 6.45) is 5.13. The van der Waals surface area contributed by atoms with Gasteiger partial charge in [-0.2, -0.15) is 0 Å². The lowest BCUT2D eigenvalue weighted by Gasteiger charge is -2.36. The number of carbonyl (C=O) groups excluding carboxylic acids is 3. The fourth-order valence-electron chi connectivity index (χ4n) is 4.61. The Morgan fingerprint density at radius 3 is 2.31 bits per heavy atom. The number of rotatable bonds is 9. The molecule has 1 aromatic carbocycles. The number of hydrogen-bond donors (Lipinski definition) is 3. The number of ether oxygens (including phenoxy) is 1. The first-order chi connectivity index (χ1) is 16.9. The molecule has 0 aromatic heterocycles. The highest BCUT2D eigenvalue weighted by molar-refractivity contribution is 5.92. The molecule has 3 atom stereocenters. The van der Waals surface area contributed by atoms with Crippen LogP contribution < -0.4 is 10.6 Å². The van der Waals surface area contributed by atoms with Crippen molar-refractivity contribution in [3.8, 4) is 5.75 Å². The van der Waals surface area contributed by atoms with Gasteiger partial charge in [0.05, 0.1) is 0 Å². The molecular weight excluding hydrogens is 458 g/mol. The van der Waals surface area contributed by atoms with Crippen molar-refractivity contribution in [3.05, 3.63) is 29.3 Å². The maximum Gasteiger partial charge on any atom is 0.408 e. The largest absolute Gasteiger partial charge is 0.508 e. The highest BCUT2D eigenvalue weighted by atomic mass is 16.6. The van der Waals surface area contributed by atoms with Crippen LogP contribution in [0.5, 0.6) is 5.75 Å². The van der Waals surface area contributed by atoms with Crippen LogP contribution in [-0.2, 0) is 14.3 Å². The van der Waals surface area contributed by atoms with E-state index >= 15 is 0 Å². The van der Waals surface area contributed by atoms with E-state index in [1.165, 1.54) is 11.3 Å². The molecule has 2 rings (SSSR count). The first-order valence-electron chi connectivity index (χ1n) is 13.3. The summed E-state index contributed by atoms with van der Waals surface area (Å²) in [5.74, 6) is -0.638. The second-order valence-electron chi connectivity index (χ2n) is 10.9. The van der Waals surface area contributed by atoms with Crippen molar-refractivity contribution < 1.29 is 24.2 Å². The van der Waals surface area contributed by atoms with Crippen LogP contribution >= 0.6 is 0 Å². The van der Waals surface area contributed by atoms with E-state index in [4.69, 9.17) is 4.74 Å². The molecule has 3 N–H and O–H groups in total. The SMILES string of the molecule is CCC(C)C(NC(=O)OC(C)(C)C)C(=O)N(CC)C(C(=O)NC1CCCCC1)c1ccc(O)c(C)c1. The Kier molecular flexibility index (Phi) is 10.6. The molecule has 202 valence electrons. The number of phenolic OH excluding ortho intramolecular Hbond substituents is 1. The van der Waals surface area contributed by atoms with E-state index in [0.717, 1.165) is 25.7 Å². The Balaban J connectivity index is 2.42. The van der Waals surface area contributed by atoms with E-state index in [1.807, 2.05) is 20.8 Å². The molecule has 0 saturated heterocycles. The molecule has 0 spiro atoms. The molecule has 0 heterocycles. The Labute approximate surface area is 216 Å². The number of aromatic hydroxyl groups is 1. The molecule has 3 amide bonds. The van der Waals surface area contributed by atoms with Gasteiger partial charge in [0.1, 0.15) is 23.4 Å². The topological polar surface area (TPSA) is 108 Å². The Morgan fingerprint density at radius 2 is 1.78 bits per heavy atom. The van der Waals surface area contributed by atoms with E-state index in [2.05, 4.69) is 10.6 Å². The fourth-order valence-corrected chi connectivity index (χ4v) is 4.61. The lowest BCUT2D eigenvalue weighted by Crippen LogP contribution is -2.55. The smallest absolute Gasteiger partial charge is 0.408 e. The van der Waals surface area contributed by atoms with Gasteiger partial charge in [0, 0.05) is 12.6 Å². The summed E-state index contributed by atoms with van der Waals surface area (Å²) in [6, 6.07) is 3.31. The second-order valence-corrected chi connectivity index (χ2v) is 10.9. The van der Waals surface area contributed by atoms with Crippen molar-refractivity contribution in [2.45, 2.75) is 111 Å². The number of alkyl carbamates (subject to hydrolysis) is 1. The minimum absolute atomic E-state index is 0.0750. The lowest BCUT2D eigenvalue weighted by atomic mass is 9.93. The van der Waals surface area contributed by atoms with Gasteiger partial charge in [-0.15, -0.1) is 0 Å². The summed E-state index contributed by atoms with van der Waals surface area (Å²) >= 11 is 0. The molecule has 8 nitrogen and oxygen atoms in total. The van der Waals surface area contributed by atoms with Crippen molar-refractivity contribution in [3.63, 3.8) is 0 Å². The zero-order chi connectivity index (χ0) is 27.0. The van der Waals surface area contributed by atoms with E-state index in [0.29, 0.717) is 17.5 Å². The molecule has 1 aromatic rings. The summed E-state index contributed by atoms with van der Waals surface area (Å²) in [7, 11) is 0. The Morgan fingerprint density at radius 1 is 1.14 bits per heavy atom. The number of nitrogens with zero attached hydrogens (tertiary/aromatic N) is 1. The van der Waals surface area contributed by atoms with Gasteiger partial charge in [-0.25, -0.2) is 4.79 Å². The second kappa shape index (κ2) is 13.0. The van der Waals surface area contributed by atoms with Crippen LogP contribution in [0.4, 0.5) is 4.79 Å². The Hall–Kier alpha value is -2.77. The van der Waals surface area contributed by atoms with Crippen molar-refractivity contribution in [2.75, 3.05) is 6.54 Å².